The van der Waals surface area contributed by atoms with Gasteiger partial charge >= 0.3 is 0 Å². The molecule has 2 nitrogen and oxygen atoms in total. The molecule has 1 saturated carbocycles. The van der Waals surface area contributed by atoms with Crippen molar-refractivity contribution in [3.05, 3.63) is 12.2 Å². The number of fused-ring (bicyclic) bond motifs is 2. The van der Waals surface area contributed by atoms with Gasteiger partial charge in [0.25, 0.3) is 0 Å². The van der Waals surface area contributed by atoms with Gasteiger partial charge < -0.3 is 9.90 Å². The number of hydrogen-bond acceptors (Lipinski definition) is 2. The molecule has 0 N–H and O–H groups in total. The van der Waals surface area contributed by atoms with Crippen LogP contribution in [0.3, 0.4) is 0 Å². The molecule has 0 radical (unpaired) electrons. The topological polar surface area (TPSA) is 40.1 Å². The molecule has 0 spiro atoms. The van der Waals surface area contributed by atoms with Crippen LogP contribution in [0.15, 0.2) is 12.2 Å². The predicted octanol–water partition coefficient (Wildman–Crippen LogP) is 0.322. The van der Waals surface area contributed by atoms with E-state index in [0.717, 1.165) is 6.42 Å². The molecule has 4 atom stereocenters. The van der Waals surface area contributed by atoms with Gasteiger partial charge in [-0.25, -0.2) is 0 Å². The molecule has 60 valence electrons. The van der Waals surface area contributed by atoms with Crippen molar-refractivity contribution < 1.29 is 9.90 Å². The van der Waals surface area contributed by atoms with Gasteiger partial charge in [-0.1, -0.05) is 28.1 Å². The van der Waals surface area contributed by atoms with Crippen LogP contribution < -0.4 is 5.11 Å². The summed E-state index contributed by atoms with van der Waals surface area (Å²) in [5.74, 6) is -0.578. The first-order valence-corrected chi connectivity index (χ1v) is 4.65. The molecule has 4 unspecified atom stereocenters. The lowest BCUT2D eigenvalue weighted by atomic mass is 9.94. The summed E-state index contributed by atoms with van der Waals surface area (Å²) in [5, 5.41) is 10.6. The average Bonchev–Trinajstić information content (AvgIpc) is 2.44. The van der Waals surface area contributed by atoms with Crippen LogP contribution in [-0.4, -0.2) is 10.8 Å². The van der Waals surface area contributed by atoms with Gasteiger partial charge in [-0.05, 0) is 18.3 Å². The molecule has 0 aliphatic heterocycles. The summed E-state index contributed by atoms with van der Waals surface area (Å²) in [5.41, 5.74) is 0. The molecule has 2 bridgehead atoms. The van der Waals surface area contributed by atoms with E-state index < -0.39 is 5.97 Å². The van der Waals surface area contributed by atoms with Gasteiger partial charge in [-0.2, -0.15) is 0 Å². The number of carbonyl (C=O) groups excluding carboxylic acids is 1. The van der Waals surface area contributed by atoms with Crippen molar-refractivity contribution in [3.8, 4) is 0 Å². The van der Waals surface area contributed by atoms with E-state index in [1.807, 2.05) is 6.08 Å². The van der Waals surface area contributed by atoms with E-state index in [4.69, 9.17) is 0 Å². The van der Waals surface area contributed by atoms with Crippen LogP contribution in [0, 0.1) is 17.8 Å². The minimum atomic E-state index is -0.913. The second-order valence-electron chi connectivity index (χ2n) is 3.24. The van der Waals surface area contributed by atoms with Crippen LogP contribution in [0.2, 0.25) is 0 Å². The maximum Gasteiger partial charge on any atom is 0.0462 e. The van der Waals surface area contributed by atoms with Crippen molar-refractivity contribution in [3.63, 3.8) is 0 Å². The highest BCUT2D eigenvalue weighted by molar-refractivity contribution is 9.09. The van der Waals surface area contributed by atoms with Crippen LogP contribution >= 0.6 is 15.9 Å². The first-order chi connectivity index (χ1) is 5.20. The third-order valence-corrected chi connectivity index (χ3v) is 3.88. The molecule has 1 fully saturated rings. The molecule has 0 saturated heterocycles. The van der Waals surface area contributed by atoms with Crippen LogP contribution in [0.25, 0.3) is 0 Å². The Labute approximate surface area is 73.4 Å². The molecule has 0 heterocycles. The Morgan fingerprint density at radius 3 is 2.45 bits per heavy atom. The Morgan fingerprint density at radius 1 is 1.45 bits per heavy atom. The summed E-state index contributed by atoms with van der Waals surface area (Å²) in [6.07, 6.45) is 5.08. The van der Waals surface area contributed by atoms with E-state index in [2.05, 4.69) is 22.0 Å². The maximum atomic E-state index is 10.6. The molecule has 0 amide bonds. The molecule has 2 aliphatic carbocycles. The van der Waals surface area contributed by atoms with Crippen LogP contribution in [-0.2, 0) is 4.79 Å². The Balaban J connectivity index is 2.25. The third kappa shape index (κ3) is 0.940. The van der Waals surface area contributed by atoms with Crippen molar-refractivity contribution in [1.82, 2.24) is 0 Å². The Kier molecular flexibility index (Phi) is 1.56. The molecule has 3 heteroatoms. The third-order valence-electron chi connectivity index (χ3n) is 2.64. The number of aliphatic carboxylic acids is 1. The number of carboxylic acid groups (broad SMARTS) is 1. The standard InChI is InChI=1S/C8H9BrO2/c9-7-5-2-1-4(3-5)6(7)8(10)11/h1-2,4-7H,3H2,(H,10,11)/p-1. The quantitative estimate of drug-likeness (QED) is 0.467. The highest BCUT2D eigenvalue weighted by Crippen LogP contribution is 2.46. The lowest BCUT2D eigenvalue weighted by Gasteiger charge is -2.23. The second-order valence-corrected chi connectivity index (χ2v) is 4.29. The van der Waals surface area contributed by atoms with Gasteiger partial charge in [-0.15, -0.1) is 0 Å². The molecule has 0 aromatic rings. The number of halogens is 1. The molecular weight excluding hydrogens is 208 g/mol. The number of carboxylic acids is 1. The van der Waals surface area contributed by atoms with E-state index in [9.17, 15) is 9.90 Å². The van der Waals surface area contributed by atoms with Gasteiger partial charge in [0.15, 0.2) is 0 Å². The molecule has 0 aromatic carbocycles. The molecule has 0 aromatic heterocycles. The van der Waals surface area contributed by atoms with E-state index in [1.54, 1.807) is 0 Å². The first-order valence-electron chi connectivity index (χ1n) is 3.73. The van der Waals surface area contributed by atoms with Crippen LogP contribution in [0.5, 0.6) is 0 Å². The Hall–Kier alpha value is -0.310. The first kappa shape index (κ1) is 7.35. The van der Waals surface area contributed by atoms with Gasteiger partial charge in [0.05, 0.1) is 0 Å². The number of rotatable bonds is 1. The lowest BCUT2D eigenvalue weighted by molar-refractivity contribution is -0.312. The average molecular weight is 216 g/mol. The maximum absolute atomic E-state index is 10.6. The predicted molar refractivity (Wildman–Crippen MR) is 41.9 cm³/mol. The Bertz CT molecular complexity index is 224. The van der Waals surface area contributed by atoms with Crippen molar-refractivity contribution in [2.45, 2.75) is 11.2 Å². The number of allylic oxidation sites excluding steroid dienone is 2. The zero-order valence-corrected chi connectivity index (χ0v) is 7.45. The highest BCUT2D eigenvalue weighted by atomic mass is 79.9. The van der Waals surface area contributed by atoms with Crippen LogP contribution in [0.4, 0.5) is 0 Å². The summed E-state index contributed by atoms with van der Waals surface area (Å²) in [7, 11) is 0. The normalized spacial score (nSPS) is 46.6. The summed E-state index contributed by atoms with van der Waals surface area (Å²) >= 11 is 3.39. The minimum Gasteiger partial charge on any atom is -0.550 e. The summed E-state index contributed by atoms with van der Waals surface area (Å²) in [6, 6.07) is 0. The zero-order valence-electron chi connectivity index (χ0n) is 5.87. The summed E-state index contributed by atoms with van der Waals surface area (Å²) in [6.45, 7) is 0. The van der Waals surface area contributed by atoms with Crippen molar-refractivity contribution >= 4 is 21.9 Å². The van der Waals surface area contributed by atoms with Gasteiger partial charge in [0, 0.05) is 16.7 Å². The fourth-order valence-electron chi connectivity index (χ4n) is 2.07. The fourth-order valence-corrected chi connectivity index (χ4v) is 3.07. The fraction of sp³-hybridized carbons (Fsp3) is 0.625. The van der Waals surface area contributed by atoms with E-state index in [1.165, 1.54) is 0 Å². The number of hydrogen-bond donors (Lipinski definition) is 0. The second kappa shape index (κ2) is 2.34. The molecule has 2 rings (SSSR count). The minimum absolute atomic E-state index is 0.0995. The number of carbonyl (C=O) groups is 1. The Morgan fingerprint density at radius 2 is 2.09 bits per heavy atom. The lowest BCUT2D eigenvalue weighted by Crippen LogP contribution is -2.38. The number of alkyl halides is 1. The van der Waals surface area contributed by atoms with Gasteiger partial charge in [0.2, 0.25) is 0 Å². The summed E-state index contributed by atoms with van der Waals surface area (Å²) in [4.78, 5) is 10.7. The zero-order chi connectivity index (χ0) is 8.01. The highest BCUT2D eigenvalue weighted by Gasteiger charge is 2.43. The molecule has 11 heavy (non-hydrogen) atoms. The monoisotopic (exact) mass is 215 g/mol. The van der Waals surface area contributed by atoms with Crippen molar-refractivity contribution in [2.24, 2.45) is 17.8 Å². The summed E-state index contributed by atoms with van der Waals surface area (Å²) < 4.78 is 0. The van der Waals surface area contributed by atoms with Gasteiger partial charge in [-0.3, -0.25) is 0 Å². The van der Waals surface area contributed by atoms with Gasteiger partial charge in [0.1, 0.15) is 0 Å². The van der Waals surface area contributed by atoms with Crippen molar-refractivity contribution in [2.75, 3.05) is 0 Å². The SMILES string of the molecule is O=C([O-])C1C2C=CC(C2)C1Br. The van der Waals surface area contributed by atoms with E-state index >= 15 is 0 Å². The van der Waals surface area contributed by atoms with E-state index in [-0.39, 0.29) is 16.7 Å². The van der Waals surface area contributed by atoms with Crippen LogP contribution in [0.1, 0.15) is 6.42 Å². The molecule has 2 aliphatic rings. The molecular formula is C8H8BrO2-. The van der Waals surface area contributed by atoms with Crippen molar-refractivity contribution in [1.29, 1.82) is 0 Å². The largest absolute Gasteiger partial charge is 0.550 e. The smallest absolute Gasteiger partial charge is 0.0462 e. The van der Waals surface area contributed by atoms with E-state index in [0.29, 0.717) is 5.92 Å².